The molecule has 1 N–H and O–H groups in total. The van der Waals surface area contributed by atoms with Gasteiger partial charge in [0.1, 0.15) is 5.01 Å². The summed E-state index contributed by atoms with van der Waals surface area (Å²) >= 11 is 1.61. The molecule has 0 unspecified atom stereocenters. The van der Waals surface area contributed by atoms with Gasteiger partial charge in [0.15, 0.2) is 11.6 Å². The average molecular weight is 298 g/mol. The molecule has 5 nitrogen and oxygen atoms in total. The smallest absolute Gasteiger partial charge is 0.169 e. The summed E-state index contributed by atoms with van der Waals surface area (Å²) in [5.41, 5.74) is 0.893. The second kappa shape index (κ2) is 6.32. The maximum Gasteiger partial charge on any atom is 0.169 e. The Morgan fingerprint density at radius 2 is 2.00 bits per heavy atom. The maximum absolute atomic E-state index is 5.26. The zero-order valence-electron chi connectivity index (χ0n) is 11.5. The topological polar surface area (TPSA) is 59.9 Å². The van der Waals surface area contributed by atoms with Crippen molar-refractivity contribution in [3.8, 4) is 16.5 Å². The number of nitrogens with one attached hydrogen (secondary N) is 1. The fourth-order valence-electron chi connectivity index (χ4n) is 1.86. The number of methoxy groups -OCH3 is 1. The van der Waals surface area contributed by atoms with Gasteiger partial charge in [-0.15, -0.1) is 11.3 Å². The monoisotopic (exact) mass is 298 g/mol. The molecule has 0 fully saturated rings. The highest BCUT2D eigenvalue weighted by atomic mass is 32.1. The molecular weight excluding hydrogens is 284 g/mol. The van der Waals surface area contributed by atoms with Gasteiger partial charge >= 0.3 is 0 Å². The molecule has 0 saturated carbocycles. The van der Waals surface area contributed by atoms with E-state index in [9.17, 15) is 0 Å². The highest BCUT2D eigenvalue weighted by Gasteiger charge is 2.07. The average Bonchev–Trinajstić information content (AvgIpc) is 3.03. The van der Waals surface area contributed by atoms with Crippen LogP contribution in [0.5, 0.6) is 5.75 Å². The summed E-state index contributed by atoms with van der Waals surface area (Å²) < 4.78 is 5.26. The molecule has 0 saturated heterocycles. The Hall–Kier alpha value is -2.47. The highest BCUT2D eigenvalue weighted by Crippen LogP contribution is 2.25. The predicted octanol–water partition coefficient (Wildman–Crippen LogP) is 3.22. The van der Waals surface area contributed by atoms with Crippen molar-refractivity contribution in [1.82, 2.24) is 15.0 Å². The Balaban J connectivity index is 1.71. The van der Waals surface area contributed by atoms with Gasteiger partial charge in [-0.1, -0.05) is 6.07 Å². The molecule has 3 aromatic heterocycles. The zero-order valence-corrected chi connectivity index (χ0v) is 12.3. The van der Waals surface area contributed by atoms with Gasteiger partial charge in [0, 0.05) is 23.5 Å². The van der Waals surface area contributed by atoms with E-state index in [1.54, 1.807) is 30.8 Å². The lowest BCUT2D eigenvalue weighted by atomic mass is 10.4. The molecule has 0 aromatic carbocycles. The van der Waals surface area contributed by atoms with Gasteiger partial charge in [-0.3, -0.25) is 4.98 Å². The van der Waals surface area contributed by atoms with Crippen molar-refractivity contribution in [2.45, 2.75) is 6.54 Å². The van der Waals surface area contributed by atoms with Crippen LogP contribution in [0, 0.1) is 0 Å². The van der Waals surface area contributed by atoms with Gasteiger partial charge in [0.25, 0.3) is 0 Å². The number of ether oxygens (including phenoxy) is 1. The number of hydrogen-bond acceptors (Lipinski definition) is 6. The van der Waals surface area contributed by atoms with Crippen molar-refractivity contribution in [3.63, 3.8) is 0 Å². The van der Waals surface area contributed by atoms with Gasteiger partial charge in [-0.25, -0.2) is 9.97 Å². The van der Waals surface area contributed by atoms with Crippen LogP contribution in [0.2, 0.25) is 0 Å². The molecule has 0 bridgehead atoms. The number of hydrogen-bond donors (Lipinski definition) is 1. The van der Waals surface area contributed by atoms with Gasteiger partial charge in [-0.2, -0.15) is 0 Å². The van der Waals surface area contributed by atoms with Crippen LogP contribution >= 0.6 is 11.3 Å². The summed E-state index contributed by atoms with van der Waals surface area (Å²) in [7, 11) is 1.63. The molecule has 0 amide bonds. The zero-order chi connectivity index (χ0) is 14.5. The number of thiazole rings is 1. The number of pyridine rings is 2. The quantitative estimate of drug-likeness (QED) is 0.783. The summed E-state index contributed by atoms with van der Waals surface area (Å²) in [6.07, 6.45) is 5.36. The molecule has 3 aromatic rings. The third kappa shape index (κ3) is 3.17. The Labute approximate surface area is 126 Å². The van der Waals surface area contributed by atoms with Crippen LogP contribution in [0.25, 0.3) is 10.7 Å². The van der Waals surface area contributed by atoms with Crippen molar-refractivity contribution in [3.05, 3.63) is 53.8 Å². The minimum absolute atomic E-state index is 0.651. The number of aromatic nitrogens is 3. The third-order valence-electron chi connectivity index (χ3n) is 2.86. The second-order valence-corrected chi connectivity index (χ2v) is 5.37. The first kappa shape index (κ1) is 13.5. The lowest BCUT2D eigenvalue weighted by Crippen LogP contribution is -2.01. The van der Waals surface area contributed by atoms with E-state index in [0.717, 1.165) is 27.1 Å². The van der Waals surface area contributed by atoms with Crippen LogP contribution in [-0.2, 0) is 6.54 Å². The van der Waals surface area contributed by atoms with Crippen molar-refractivity contribution in [2.24, 2.45) is 0 Å². The van der Waals surface area contributed by atoms with Gasteiger partial charge in [-0.05, 0) is 24.3 Å². The lowest BCUT2D eigenvalue weighted by Gasteiger charge is -2.08. The SMILES string of the molecule is COc1cccnc1NCc1cnc(-c2ccccn2)s1. The molecule has 0 atom stereocenters. The normalized spacial score (nSPS) is 10.3. The van der Waals surface area contributed by atoms with Gasteiger partial charge in [0.05, 0.1) is 19.3 Å². The Bertz CT molecular complexity index is 714. The molecule has 0 aliphatic rings. The number of nitrogens with zero attached hydrogens (tertiary/aromatic N) is 3. The van der Waals surface area contributed by atoms with Crippen LogP contribution in [0.1, 0.15) is 4.88 Å². The molecule has 3 heterocycles. The largest absolute Gasteiger partial charge is 0.493 e. The highest BCUT2D eigenvalue weighted by molar-refractivity contribution is 7.15. The van der Waals surface area contributed by atoms with Crippen molar-refractivity contribution < 1.29 is 4.74 Å². The minimum Gasteiger partial charge on any atom is -0.493 e. The van der Waals surface area contributed by atoms with E-state index in [1.807, 2.05) is 36.5 Å². The first-order chi connectivity index (χ1) is 10.4. The second-order valence-electron chi connectivity index (χ2n) is 4.25. The molecule has 0 aliphatic heterocycles. The standard InChI is InChI=1S/C15H14N4OS/c1-20-13-6-4-8-17-14(13)18-9-11-10-19-15(21-11)12-5-2-3-7-16-12/h2-8,10H,9H2,1H3,(H,17,18). The van der Waals surface area contributed by atoms with E-state index in [0.29, 0.717) is 6.54 Å². The Morgan fingerprint density at radius 1 is 1.10 bits per heavy atom. The molecule has 3 rings (SSSR count). The molecular formula is C15H14N4OS. The minimum atomic E-state index is 0.651. The van der Waals surface area contributed by atoms with E-state index in [4.69, 9.17) is 4.74 Å². The van der Waals surface area contributed by atoms with Crippen LogP contribution in [-0.4, -0.2) is 22.1 Å². The van der Waals surface area contributed by atoms with Crippen molar-refractivity contribution in [2.75, 3.05) is 12.4 Å². The van der Waals surface area contributed by atoms with E-state index >= 15 is 0 Å². The Kier molecular flexibility index (Phi) is 4.07. The first-order valence-electron chi connectivity index (χ1n) is 6.46. The third-order valence-corrected chi connectivity index (χ3v) is 3.88. The summed E-state index contributed by atoms with van der Waals surface area (Å²) in [5, 5.41) is 4.18. The summed E-state index contributed by atoms with van der Waals surface area (Å²) in [6.45, 7) is 0.651. The predicted molar refractivity (Wildman–Crippen MR) is 83.5 cm³/mol. The summed E-state index contributed by atoms with van der Waals surface area (Å²) in [5.74, 6) is 1.46. The number of anilines is 1. The summed E-state index contributed by atoms with van der Waals surface area (Å²) in [4.78, 5) is 14.1. The number of rotatable bonds is 5. The fraction of sp³-hybridized carbons (Fsp3) is 0.133. The van der Waals surface area contributed by atoms with Gasteiger partial charge < -0.3 is 10.1 Å². The van der Waals surface area contributed by atoms with Crippen LogP contribution in [0.4, 0.5) is 5.82 Å². The van der Waals surface area contributed by atoms with E-state index in [-0.39, 0.29) is 0 Å². The Morgan fingerprint density at radius 3 is 2.81 bits per heavy atom. The molecule has 0 spiro atoms. The van der Waals surface area contributed by atoms with Gasteiger partial charge in [0.2, 0.25) is 0 Å². The molecule has 106 valence electrons. The molecule has 21 heavy (non-hydrogen) atoms. The van der Waals surface area contributed by atoms with E-state index < -0.39 is 0 Å². The maximum atomic E-state index is 5.26. The molecule has 0 radical (unpaired) electrons. The van der Waals surface area contributed by atoms with Crippen LogP contribution < -0.4 is 10.1 Å². The fourth-order valence-corrected chi connectivity index (χ4v) is 2.68. The van der Waals surface area contributed by atoms with Crippen molar-refractivity contribution >= 4 is 17.2 Å². The molecule has 0 aliphatic carbocycles. The van der Waals surface area contributed by atoms with Crippen LogP contribution in [0.3, 0.4) is 0 Å². The summed E-state index contributed by atoms with van der Waals surface area (Å²) in [6, 6.07) is 9.53. The van der Waals surface area contributed by atoms with Crippen molar-refractivity contribution in [1.29, 1.82) is 0 Å². The molecule has 6 heteroatoms. The first-order valence-corrected chi connectivity index (χ1v) is 7.27. The van der Waals surface area contributed by atoms with E-state index in [1.165, 1.54) is 0 Å². The lowest BCUT2D eigenvalue weighted by molar-refractivity contribution is 0.415. The van der Waals surface area contributed by atoms with Crippen LogP contribution in [0.15, 0.2) is 48.9 Å². The van der Waals surface area contributed by atoms with E-state index in [2.05, 4.69) is 20.3 Å².